The zero-order valence-electron chi connectivity index (χ0n) is 31.9. The predicted molar refractivity (Wildman–Crippen MR) is 196 cm³/mol. The van der Waals surface area contributed by atoms with E-state index in [2.05, 4.69) is 69.2 Å². The summed E-state index contributed by atoms with van der Waals surface area (Å²) in [6.45, 7) is 26.6. The molecular formula is C40H86O3Ti. The first kappa shape index (κ1) is 53.9. The van der Waals surface area contributed by atoms with Gasteiger partial charge in [-0.15, -0.1) is 0 Å². The summed E-state index contributed by atoms with van der Waals surface area (Å²) in [6.07, 6.45) is 31.2. The summed E-state index contributed by atoms with van der Waals surface area (Å²) in [7, 11) is 0. The number of rotatable bonds is 26. The summed E-state index contributed by atoms with van der Waals surface area (Å²) in [5, 5.41) is 17.0. The van der Waals surface area contributed by atoms with Crippen LogP contribution in [0.1, 0.15) is 209 Å². The SMILES string of the molecule is CC(C)CCCCCCCO.CC(C)CCCCCCCO.[CH2-]CCCCCCC(C)C.[CH2-]CCCCCCC(C)C.[O]=[Ti+2]. The van der Waals surface area contributed by atoms with Crippen molar-refractivity contribution in [1.82, 2.24) is 0 Å². The van der Waals surface area contributed by atoms with E-state index in [9.17, 15) is 0 Å². The van der Waals surface area contributed by atoms with E-state index in [1.807, 2.05) is 0 Å². The summed E-state index contributed by atoms with van der Waals surface area (Å²) < 4.78 is 8.25. The molecule has 0 aliphatic rings. The third-order valence-corrected chi connectivity index (χ3v) is 7.44. The van der Waals surface area contributed by atoms with Crippen molar-refractivity contribution in [3.63, 3.8) is 0 Å². The Kier molecular flexibility index (Phi) is 64.9. The quantitative estimate of drug-likeness (QED) is 0.0550. The molecule has 0 amide bonds. The van der Waals surface area contributed by atoms with Gasteiger partial charge in [0, 0.05) is 13.2 Å². The summed E-state index contributed by atoms with van der Waals surface area (Å²) in [6, 6.07) is 0. The number of aliphatic hydroxyl groups is 2. The second-order valence-electron chi connectivity index (χ2n) is 14.2. The van der Waals surface area contributed by atoms with E-state index >= 15 is 0 Å². The van der Waals surface area contributed by atoms with Gasteiger partial charge in [-0.1, -0.05) is 184 Å². The van der Waals surface area contributed by atoms with Crippen LogP contribution in [0.15, 0.2) is 0 Å². The molecule has 0 atom stereocenters. The molecule has 0 fully saturated rings. The second-order valence-corrected chi connectivity index (χ2v) is 14.2. The van der Waals surface area contributed by atoms with E-state index in [-0.39, 0.29) is 0 Å². The van der Waals surface area contributed by atoms with Crippen molar-refractivity contribution >= 4 is 0 Å². The van der Waals surface area contributed by atoms with Gasteiger partial charge in [-0.05, 0) is 36.5 Å². The van der Waals surface area contributed by atoms with Gasteiger partial charge in [0.15, 0.2) is 0 Å². The molecule has 268 valence electrons. The summed E-state index contributed by atoms with van der Waals surface area (Å²) in [4.78, 5) is 0. The van der Waals surface area contributed by atoms with Crippen LogP contribution in [0.4, 0.5) is 0 Å². The topological polar surface area (TPSA) is 57.5 Å². The Balaban J connectivity index is -0.000000151. The molecule has 0 radical (unpaired) electrons. The van der Waals surface area contributed by atoms with Crippen LogP contribution in [0, 0.1) is 37.5 Å². The van der Waals surface area contributed by atoms with Crippen molar-refractivity contribution in [3.05, 3.63) is 13.8 Å². The average molecular weight is 663 g/mol. The predicted octanol–water partition coefficient (Wildman–Crippen LogP) is 13.5. The van der Waals surface area contributed by atoms with Crippen molar-refractivity contribution in [1.29, 1.82) is 0 Å². The second kappa shape index (κ2) is 52.9. The fourth-order valence-electron chi connectivity index (χ4n) is 4.56. The standard InChI is InChI=1S/2C10H22O.2C10H21.O.Ti/c2*1-10(2)8-6-4-3-5-7-9-11;2*1-4-5-6-7-8-9-10(2)3;;/h2*10-11H,3-9H2,1-2H3;2*10H,1,4-9H2,2-3H3;;/q;;2*-1;;+2. The molecule has 0 aliphatic carbocycles. The molecule has 3 nitrogen and oxygen atoms in total. The van der Waals surface area contributed by atoms with Crippen molar-refractivity contribution in [2.45, 2.75) is 209 Å². The maximum absolute atomic E-state index is 8.51. The van der Waals surface area contributed by atoms with Gasteiger partial charge in [-0.25, -0.2) is 0 Å². The van der Waals surface area contributed by atoms with Crippen LogP contribution in [0.25, 0.3) is 0 Å². The fourth-order valence-corrected chi connectivity index (χ4v) is 4.56. The normalized spacial score (nSPS) is 10.5. The molecule has 0 aromatic heterocycles. The molecule has 0 bridgehead atoms. The van der Waals surface area contributed by atoms with Crippen LogP contribution in [0.5, 0.6) is 0 Å². The van der Waals surface area contributed by atoms with Crippen LogP contribution < -0.4 is 0 Å². The average Bonchev–Trinajstić information content (AvgIpc) is 2.98. The Morgan fingerprint density at radius 2 is 0.545 bits per heavy atom. The molecule has 0 heterocycles. The Morgan fingerprint density at radius 1 is 0.364 bits per heavy atom. The first-order valence-electron chi connectivity index (χ1n) is 19.1. The first-order chi connectivity index (χ1) is 21.1. The van der Waals surface area contributed by atoms with Gasteiger partial charge in [0.2, 0.25) is 0 Å². The third kappa shape index (κ3) is 78.7. The Bertz CT molecular complexity index is 389. The summed E-state index contributed by atoms with van der Waals surface area (Å²) >= 11 is 0.750. The molecule has 0 unspecified atom stereocenters. The molecule has 2 N–H and O–H groups in total. The van der Waals surface area contributed by atoms with Crippen LogP contribution >= 0.6 is 0 Å². The molecule has 4 heteroatoms. The van der Waals surface area contributed by atoms with E-state index in [1.54, 1.807) is 0 Å². The van der Waals surface area contributed by atoms with E-state index in [4.69, 9.17) is 13.5 Å². The molecular weight excluding hydrogens is 576 g/mol. The Labute approximate surface area is 293 Å². The van der Waals surface area contributed by atoms with Gasteiger partial charge < -0.3 is 24.1 Å². The minimum atomic E-state index is 0.365. The summed E-state index contributed by atoms with van der Waals surface area (Å²) in [5.41, 5.74) is 0. The number of hydrogen-bond donors (Lipinski definition) is 2. The van der Waals surface area contributed by atoms with Crippen molar-refractivity contribution in [2.75, 3.05) is 13.2 Å². The van der Waals surface area contributed by atoms with Crippen molar-refractivity contribution < 1.29 is 33.9 Å². The molecule has 44 heavy (non-hydrogen) atoms. The first-order valence-corrected chi connectivity index (χ1v) is 19.7. The van der Waals surface area contributed by atoms with Crippen molar-refractivity contribution in [3.8, 4) is 0 Å². The molecule has 0 saturated carbocycles. The number of aliphatic hydroxyl groups excluding tert-OH is 2. The molecule has 0 saturated heterocycles. The van der Waals surface area contributed by atoms with E-state index in [1.165, 1.54) is 128 Å². The van der Waals surface area contributed by atoms with Crippen LogP contribution in [-0.4, -0.2) is 23.4 Å². The van der Waals surface area contributed by atoms with Gasteiger partial charge >= 0.3 is 23.7 Å². The van der Waals surface area contributed by atoms with Gasteiger partial charge in [-0.2, -0.15) is 12.8 Å². The minimum absolute atomic E-state index is 0.365. The van der Waals surface area contributed by atoms with Crippen LogP contribution in [-0.2, 0) is 23.7 Å². The molecule has 0 aromatic carbocycles. The van der Waals surface area contributed by atoms with Gasteiger partial charge in [0.1, 0.15) is 0 Å². The Morgan fingerprint density at radius 3 is 0.727 bits per heavy atom. The van der Waals surface area contributed by atoms with E-state index in [0.29, 0.717) is 13.2 Å². The van der Waals surface area contributed by atoms with E-state index in [0.717, 1.165) is 69.8 Å². The molecule has 0 aliphatic heterocycles. The molecule has 0 spiro atoms. The molecule has 0 rings (SSSR count). The van der Waals surface area contributed by atoms with Gasteiger partial charge in [-0.3, -0.25) is 0 Å². The number of hydrogen-bond acceptors (Lipinski definition) is 3. The Hall–Kier alpha value is 0.434. The van der Waals surface area contributed by atoms with E-state index < -0.39 is 0 Å². The summed E-state index contributed by atoms with van der Waals surface area (Å²) in [5.74, 6) is 3.49. The number of unbranched alkanes of at least 4 members (excludes halogenated alkanes) is 16. The monoisotopic (exact) mass is 663 g/mol. The third-order valence-electron chi connectivity index (χ3n) is 7.44. The zero-order valence-corrected chi connectivity index (χ0v) is 33.5. The fraction of sp³-hybridized carbons (Fsp3) is 0.950. The van der Waals surface area contributed by atoms with Gasteiger partial charge in [0.05, 0.1) is 0 Å². The van der Waals surface area contributed by atoms with Crippen LogP contribution in [0.3, 0.4) is 0 Å². The van der Waals surface area contributed by atoms with Crippen LogP contribution in [0.2, 0.25) is 0 Å². The molecule has 0 aromatic rings. The maximum atomic E-state index is 8.51. The zero-order chi connectivity index (χ0) is 34.7. The van der Waals surface area contributed by atoms with Crippen molar-refractivity contribution in [2.24, 2.45) is 23.7 Å². The van der Waals surface area contributed by atoms with Gasteiger partial charge in [0.25, 0.3) is 0 Å².